The van der Waals surface area contributed by atoms with Crippen molar-refractivity contribution in [3.05, 3.63) is 66.2 Å². The summed E-state index contributed by atoms with van der Waals surface area (Å²) in [5.74, 6) is 0.0970. The smallest absolute Gasteiger partial charge is 0.182 e. The molecule has 0 atom stereocenters. The Hall–Kier alpha value is -2.42. The van der Waals surface area contributed by atoms with Crippen LogP contribution in [0, 0.1) is 0 Å². The Morgan fingerprint density at radius 2 is 1.82 bits per heavy atom. The van der Waals surface area contributed by atoms with Crippen LogP contribution in [0.4, 0.5) is 0 Å². The summed E-state index contributed by atoms with van der Waals surface area (Å²) in [6.45, 7) is 6.94. The first kappa shape index (κ1) is 14.5. The summed E-state index contributed by atoms with van der Waals surface area (Å²) in [5, 5.41) is 2.27. The maximum absolute atomic E-state index is 12.3. The Kier molecular flexibility index (Phi) is 3.57. The molecule has 0 radical (unpaired) electrons. The van der Waals surface area contributed by atoms with E-state index in [9.17, 15) is 4.79 Å². The molecular formula is C19H20N2O. The van der Waals surface area contributed by atoms with E-state index < -0.39 is 0 Å². The second-order valence-electron chi connectivity index (χ2n) is 6.68. The Balaban J connectivity index is 1.91. The van der Waals surface area contributed by atoms with E-state index >= 15 is 0 Å². The summed E-state index contributed by atoms with van der Waals surface area (Å²) in [4.78, 5) is 16.3. The Bertz CT molecular complexity index is 811. The summed E-state index contributed by atoms with van der Waals surface area (Å²) in [5.41, 5.74) is 2.17. The minimum Gasteiger partial charge on any atom is -0.330 e. The zero-order valence-electron chi connectivity index (χ0n) is 13.2. The molecule has 0 aliphatic rings. The molecule has 22 heavy (non-hydrogen) atoms. The van der Waals surface area contributed by atoms with Crippen LogP contribution in [0.2, 0.25) is 0 Å². The lowest BCUT2D eigenvalue weighted by Crippen LogP contribution is -2.11. The molecule has 3 nitrogen and oxygen atoms in total. The van der Waals surface area contributed by atoms with E-state index in [1.165, 1.54) is 10.9 Å². The molecule has 2 aromatic carbocycles. The number of imidazole rings is 1. The van der Waals surface area contributed by atoms with Gasteiger partial charge in [-0.25, -0.2) is 4.98 Å². The SMILES string of the molecule is CC(C)(C)c1ccc2cc(C(=O)Cn3ccnc3)ccc2c1. The van der Waals surface area contributed by atoms with E-state index in [0.29, 0.717) is 6.54 Å². The maximum Gasteiger partial charge on any atom is 0.182 e. The van der Waals surface area contributed by atoms with Crippen molar-refractivity contribution >= 4 is 16.6 Å². The number of aromatic nitrogens is 2. The van der Waals surface area contributed by atoms with Crippen molar-refractivity contribution in [2.45, 2.75) is 32.7 Å². The summed E-state index contributed by atoms with van der Waals surface area (Å²) < 4.78 is 1.79. The summed E-state index contributed by atoms with van der Waals surface area (Å²) >= 11 is 0. The second-order valence-corrected chi connectivity index (χ2v) is 6.68. The van der Waals surface area contributed by atoms with E-state index in [1.54, 1.807) is 23.3 Å². The molecule has 3 aromatic rings. The third-order valence-corrected chi connectivity index (χ3v) is 3.91. The molecule has 112 valence electrons. The number of carbonyl (C=O) groups is 1. The Labute approximate surface area is 130 Å². The van der Waals surface area contributed by atoms with Crippen molar-refractivity contribution in [1.82, 2.24) is 9.55 Å². The first-order valence-corrected chi connectivity index (χ1v) is 7.47. The standard InChI is InChI=1S/C19H20N2O/c1-19(2,3)17-7-6-14-10-16(5-4-15(14)11-17)18(22)12-21-9-8-20-13-21/h4-11,13H,12H2,1-3H3. The molecule has 0 saturated heterocycles. The van der Waals surface area contributed by atoms with Crippen LogP contribution in [0.15, 0.2) is 55.1 Å². The van der Waals surface area contributed by atoms with Crippen molar-refractivity contribution in [3.63, 3.8) is 0 Å². The fourth-order valence-corrected chi connectivity index (χ4v) is 2.52. The Morgan fingerprint density at radius 1 is 1.09 bits per heavy atom. The van der Waals surface area contributed by atoms with Gasteiger partial charge in [-0.15, -0.1) is 0 Å². The maximum atomic E-state index is 12.3. The van der Waals surface area contributed by atoms with Gasteiger partial charge in [0.05, 0.1) is 12.9 Å². The number of rotatable bonds is 3. The zero-order valence-corrected chi connectivity index (χ0v) is 13.2. The Morgan fingerprint density at radius 3 is 2.50 bits per heavy atom. The summed E-state index contributed by atoms with van der Waals surface area (Å²) in [7, 11) is 0. The highest BCUT2D eigenvalue weighted by molar-refractivity contribution is 5.99. The lowest BCUT2D eigenvalue weighted by molar-refractivity contribution is 0.0972. The fourth-order valence-electron chi connectivity index (χ4n) is 2.52. The number of hydrogen-bond acceptors (Lipinski definition) is 2. The predicted molar refractivity (Wildman–Crippen MR) is 89.2 cm³/mol. The number of ketones is 1. The zero-order chi connectivity index (χ0) is 15.7. The summed E-state index contributed by atoms with van der Waals surface area (Å²) in [6.07, 6.45) is 5.14. The molecule has 0 N–H and O–H groups in total. The fraction of sp³-hybridized carbons (Fsp3) is 0.263. The third kappa shape index (κ3) is 2.93. The lowest BCUT2D eigenvalue weighted by atomic mass is 9.86. The van der Waals surface area contributed by atoms with Gasteiger partial charge < -0.3 is 4.57 Å². The highest BCUT2D eigenvalue weighted by Gasteiger charge is 2.14. The van der Waals surface area contributed by atoms with Gasteiger partial charge in [-0.1, -0.05) is 51.1 Å². The van der Waals surface area contributed by atoms with Gasteiger partial charge in [0.1, 0.15) is 0 Å². The van der Waals surface area contributed by atoms with E-state index in [0.717, 1.165) is 10.9 Å². The van der Waals surface area contributed by atoms with E-state index in [-0.39, 0.29) is 11.2 Å². The number of fused-ring (bicyclic) bond motifs is 1. The van der Waals surface area contributed by atoms with Gasteiger partial charge in [0, 0.05) is 18.0 Å². The molecule has 0 fully saturated rings. The largest absolute Gasteiger partial charge is 0.330 e. The molecule has 3 rings (SSSR count). The van der Waals surface area contributed by atoms with Crippen molar-refractivity contribution in [2.24, 2.45) is 0 Å². The highest BCUT2D eigenvalue weighted by atomic mass is 16.1. The van der Waals surface area contributed by atoms with Crippen molar-refractivity contribution in [2.75, 3.05) is 0 Å². The summed E-state index contributed by atoms with van der Waals surface area (Å²) in [6, 6.07) is 12.4. The van der Waals surface area contributed by atoms with Crippen LogP contribution in [-0.2, 0) is 12.0 Å². The first-order valence-electron chi connectivity index (χ1n) is 7.47. The van der Waals surface area contributed by atoms with Crippen LogP contribution in [0.25, 0.3) is 10.8 Å². The molecule has 1 heterocycles. The molecule has 0 unspecified atom stereocenters. The van der Waals surface area contributed by atoms with Crippen LogP contribution in [0.1, 0.15) is 36.7 Å². The van der Waals surface area contributed by atoms with Crippen LogP contribution in [0.3, 0.4) is 0 Å². The third-order valence-electron chi connectivity index (χ3n) is 3.91. The number of carbonyl (C=O) groups excluding carboxylic acids is 1. The van der Waals surface area contributed by atoms with Crippen molar-refractivity contribution in [3.8, 4) is 0 Å². The average Bonchev–Trinajstić information content (AvgIpc) is 2.98. The van der Waals surface area contributed by atoms with Gasteiger partial charge >= 0.3 is 0 Å². The second kappa shape index (κ2) is 5.41. The van der Waals surface area contributed by atoms with Gasteiger partial charge in [-0.3, -0.25) is 4.79 Å². The molecule has 0 aliphatic carbocycles. The van der Waals surface area contributed by atoms with Gasteiger partial charge in [0.15, 0.2) is 5.78 Å². The molecule has 0 bridgehead atoms. The monoisotopic (exact) mass is 292 g/mol. The van der Waals surface area contributed by atoms with Gasteiger partial charge in [-0.05, 0) is 27.8 Å². The molecule has 1 aromatic heterocycles. The normalized spacial score (nSPS) is 11.8. The number of Topliss-reactive ketones (excluding diaryl/α,β-unsaturated/α-hetero) is 1. The molecule has 0 aliphatic heterocycles. The van der Waals surface area contributed by atoms with Gasteiger partial charge in [0.2, 0.25) is 0 Å². The molecule has 3 heteroatoms. The number of nitrogens with zero attached hydrogens (tertiary/aromatic N) is 2. The quantitative estimate of drug-likeness (QED) is 0.678. The minimum atomic E-state index is 0.0970. The minimum absolute atomic E-state index is 0.0970. The van der Waals surface area contributed by atoms with Gasteiger partial charge in [-0.2, -0.15) is 0 Å². The van der Waals surface area contributed by atoms with Gasteiger partial charge in [0.25, 0.3) is 0 Å². The van der Waals surface area contributed by atoms with E-state index in [2.05, 4.69) is 44.0 Å². The average molecular weight is 292 g/mol. The number of benzene rings is 2. The van der Waals surface area contributed by atoms with Crippen LogP contribution < -0.4 is 0 Å². The molecule has 0 amide bonds. The van der Waals surface area contributed by atoms with Crippen LogP contribution in [-0.4, -0.2) is 15.3 Å². The molecule has 0 saturated carbocycles. The predicted octanol–water partition coefficient (Wildman–Crippen LogP) is 4.22. The number of hydrogen-bond donors (Lipinski definition) is 0. The topological polar surface area (TPSA) is 34.9 Å². The van der Waals surface area contributed by atoms with Crippen LogP contribution in [0.5, 0.6) is 0 Å². The van der Waals surface area contributed by atoms with E-state index in [1.807, 2.05) is 18.2 Å². The van der Waals surface area contributed by atoms with Crippen molar-refractivity contribution < 1.29 is 4.79 Å². The van der Waals surface area contributed by atoms with Crippen molar-refractivity contribution in [1.29, 1.82) is 0 Å². The van der Waals surface area contributed by atoms with Crippen LogP contribution >= 0.6 is 0 Å². The lowest BCUT2D eigenvalue weighted by Gasteiger charge is -2.19. The first-order chi connectivity index (χ1) is 10.4. The highest BCUT2D eigenvalue weighted by Crippen LogP contribution is 2.26. The van der Waals surface area contributed by atoms with E-state index in [4.69, 9.17) is 0 Å². The molecular weight excluding hydrogens is 272 g/mol. The molecule has 0 spiro atoms.